The predicted molar refractivity (Wildman–Crippen MR) is 68.8 cm³/mol. The van der Waals surface area contributed by atoms with Gasteiger partial charge in [0.2, 0.25) is 0 Å². The van der Waals surface area contributed by atoms with Crippen molar-refractivity contribution < 1.29 is 0 Å². The van der Waals surface area contributed by atoms with Gasteiger partial charge in [0.05, 0.1) is 10.7 Å². The summed E-state index contributed by atoms with van der Waals surface area (Å²) >= 11 is 3.93. The van der Waals surface area contributed by atoms with Crippen molar-refractivity contribution in [3.05, 3.63) is 16.1 Å². The van der Waals surface area contributed by atoms with E-state index in [-0.39, 0.29) is 0 Å². The zero-order chi connectivity index (χ0) is 10.7. The smallest absolute Gasteiger partial charge is 0.0940 e. The van der Waals surface area contributed by atoms with Gasteiger partial charge in [-0.05, 0) is 32.6 Å². The van der Waals surface area contributed by atoms with Gasteiger partial charge in [0.1, 0.15) is 0 Å². The molecule has 15 heavy (non-hydrogen) atoms. The van der Waals surface area contributed by atoms with Crippen LogP contribution >= 0.6 is 23.1 Å². The fraction of sp³-hybridized carbons (Fsp3) is 0.727. The lowest BCUT2D eigenvalue weighted by Crippen LogP contribution is -2.12. The molecule has 2 atom stereocenters. The quantitative estimate of drug-likeness (QED) is 0.879. The van der Waals surface area contributed by atoms with Crippen molar-refractivity contribution in [1.82, 2.24) is 10.3 Å². The number of thioether (sulfide) groups is 1. The Labute approximate surface area is 99.9 Å². The highest BCUT2D eigenvalue weighted by Crippen LogP contribution is 2.30. The van der Waals surface area contributed by atoms with Crippen molar-refractivity contribution in [3.8, 4) is 0 Å². The number of hydrogen-bond donors (Lipinski definition) is 1. The summed E-state index contributed by atoms with van der Waals surface area (Å²) in [6.07, 6.45) is 3.94. The lowest BCUT2D eigenvalue weighted by atomic mass is 10.2. The summed E-state index contributed by atoms with van der Waals surface area (Å²) < 4.78 is 0. The van der Waals surface area contributed by atoms with E-state index >= 15 is 0 Å². The third-order valence-electron chi connectivity index (χ3n) is 2.87. The monoisotopic (exact) mass is 242 g/mol. The Bertz CT molecular complexity index is 305. The highest BCUT2D eigenvalue weighted by molar-refractivity contribution is 8.00. The molecule has 2 nitrogen and oxygen atoms in total. The molecule has 1 saturated heterocycles. The second-order valence-electron chi connectivity index (χ2n) is 4.02. The van der Waals surface area contributed by atoms with Crippen LogP contribution in [0.3, 0.4) is 0 Å². The minimum absolute atomic E-state index is 0.381. The molecule has 0 spiro atoms. The average Bonchev–Trinajstić information content (AvgIpc) is 2.88. The molecule has 0 saturated carbocycles. The van der Waals surface area contributed by atoms with Gasteiger partial charge >= 0.3 is 0 Å². The highest BCUT2D eigenvalue weighted by Gasteiger charge is 2.18. The van der Waals surface area contributed by atoms with Gasteiger partial charge in [-0.2, -0.15) is 11.8 Å². The number of rotatable bonds is 4. The van der Waals surface area contributed by atoms with E-state index in [9.17, 15) is 0 Å². The maximum Gasteiger partial charge on any atom is 0.0940 e. The maximum atomic E-state index is 4.69. The van der Waals surface area contributed by atoms with Crippen LogP contribution in [0.25, 0.3) is 0 Å². The van der Waals surface area contributed by atoms with Crippen LogP contribution in [0.2, 0.25) is 0 Å². The van der Waals surface area contributed by atoms with E-state index in [2.05, 4.69) is 34.4 Å². The summed E-state index contributed by atoms with van der Waals surface area (Å²) in [5.74, 6) is 1.34. The fourth-order valence-electron chi connectivity index (χ4n) is 1.77. The van der Waals surface area contributed by atoms with Gasteiger partial charge in [0, 0.05) is 23.1 Å². The van der Waals surface area contributed by atoms with Crippen LogP contribution < -0.4 is 5.32 Å². The van der Waals surface area contributed by atoms with Gasteiger partial charge < -0.3 is 5.32 Å². The number of thiazole rings is 1. The Morgan fingerprint density at radius 1 is 1.67 bits per heavy atom. The zero-order valence-electron chi connectivity index (χ0n) is 9.32. The maximum absolute atomic E-state index is 4.69. The van der Waals surface area contributed by atoms with Gasteiger partial charge in [0.15, 0.2) is 0 Å². The third kappa shape index (κ3) is 2.95. The molecule has 2 heterocycles. The summed E-state index contributed by atoms with van der Waals surface area (Å²) in [7, 11) is 1.98. The van der Waals surface area contributed by atoms with E-state index < -0.39 is 0 Å². The summed E-state index contributed by atoms with van der Waals surface area (Å²) in [5, 5.41) is 7.56. The summed E-state index contributed by atoms with van der Waals surface area (Å²) in [6.45, 7) is 2.16. The van der Waals surface area contributed by atoms with Crippen LogP contribution in [-0.4, -0.2) is 23.0 Å². The standard InChI is InChI=1S/C11H18N2S2/c1-8(12-2)10-7-15-11(13-10)6-9-4-3-5-14-9/h7-9,12H,3-6H2,1-2H3. The van der Waals surface area contributed by atoms with Crippen LogP contribution in [0.5, 0.6) is 0 Å². The predicted octanol–water partition coefficient (Wildman–Crippen LogP) is 2.86. The fourth-order valence-corrected chi connectivity index (χ4v) is 4.12. The van der Waals surface area contributed by atoms with Gasteiger partial charge in [-0.3, -0.25) is 0 Å². The second kappa shape index (κ2) is 5.32. The van der Waals surface area contributed by atoms with Crippen LogP contribution in [0.4, 0.5) is 0 Å². The van der Waals surface area contributed by atoms with Gasteiger partial charge in [0.25, 0.3) is 0 Å². The molecular formula is C11H18N2S2. The molecule has 1 fully saturated rings. The van der Waals surface area contributed by atoms with Gasteiger partial charge in [-0.25, -0.2) is 4.98 Å². The molecule has 0 amide bonds. The van der Waals surface area contributed by atoms with Crippen molar-refractivity contribution in [2.24, 2.45) is 0 Å². The number of nitrogens with zero attached hydrogens (tertiary/aromatic N) is 1. The minimum atomic E-state index is 0.381. The molecule has 1 aromatic rings. The molecule has 1 N–H and O–H groups in total. The van der Waals surface area contributed by atoms with Crippen LogP contribution in [0, 0.1) is 0 Å². The van der Waals surface area contributed by atoms with Crippen molar-refractivity contribution in [1.29, 1.82) is 0 Å². The Kier molecular flexibility index (Phi) is 4.05. The molecule has 4 heteroatoms. The first-order valence-corrected chi connectivity index (χ1v) is 7.45. The summed E-state index contributed by atoms with van der Waals surface area (Å²) in [5.41, 5.74) is 1.19. The van der Waals surface area contributed by atoms with E-state index in [0.29, 0.717) is 6.04 Å². The van der Waals surface area contributed by atoms with Gasteiger partial charge in [-0.1, -0.05) is 0 Å². The first-order chi connectivity index (χ1) is 7.29. The average molecular weight is 242 g/mol. The van der Waals surface area contributed by atoms with Crippen molar-refractivity contribution >= 4 is 23.1 Å². The minimum Gasteiger partial charge on any atom is -0.312 e. The molecule has 0 aliphatic carbocycles. The first-order valence-electron chi connectivity index (χ1n) is 5.52. The molecule has 1 aliphatic heterocycles. The topological polar surface area (TPSA) is 24.9 Å². The Balaban J connectivity index is 1.94. The van der Waals surface area contributed by atoms with Crippen LogP contribution in [0.1, 0.15) is 36.5 Å². The molecule has 0 aromatic carbocycles. The zero-order valence-corrected chi connectivity index (χ0v) is 11.0. The highest BCUT2D eigenvalue weighted by atomic mass is 32.2. The van der Waals surface area contributed by atoms with E-state index in [1.807, 2.05) is 18.4 Å². The van der Waals surface area contributed by atoms with Crippen LogP contribution in [0.15, 0.2) is 5.38 Å². The molecular weight excluding hydrogens is 224 g/mol. The normalized spacial score (nSPS) is 23.2. The van der Waals surface area contributed by atoms with Crippen molar-refractivity contribution in [3.63, 3.8) is 0 Å². The number of aromatic nitrogens is 1. The largest absolute Gasteiger partial charge is 0.312 e. The lowest BCUT2D eigenvalue weighted by molar-refractivity contribution is 0.633. The van der Waals surface area contributed by atoms with E-state index in [1.54, 1.807) is 0 Å². The molecule has 2 rings (SSSR count). The Morgan fingerprint density at radius 3 is 3.20 bits per heavy atom. The van der Waals surface area contributed by atoms with E-state index in [4.69, 9.17) is 0 Å². The number of hydrogen-bond acceptors (Lipinski definition) is 4. The van der Waals surface area contributed by atoms with Gasteiger partial charge in [-0.15, -0.1) is 11.3 Å². The van der Waals surface area contributed by atoms with Crippen LogP contribution in [-0.2, 0) is 6.42 Å². The second-order valence-corrected chi connectivity index (χ2v) is 6.37. The summed E-state index contributed by atoms with van der Waals surface area (Å²) in [4.78, 5) is 4.69. The molecule has 1 aliphatic rings. The number of nitrogens with one attached hydrogen (secondary N) is 1. The molecule has 0 radical (unpaired) electrons. The van der Waals surface area contributed by atoms with Crippen molar-refractivity contribution in [2.75, 3.05) is 12.8 Å². The molecule has 2 unspecified atom stereocenters. The third-order valence-corrected chi connectivity index (χ3v) is 5.16. The van der Waals surface area contributed by atoms with E-state index in [0.717, 1.165) is 5.25 Å². The molecule has 84 valence electrons. The Morgan fingerprint density at radius 2 is 2.53 bits per heavy atom. The molecule has 1 aromatic heterocycles. The SMILES string of the molecule is CNC(C)c1csc(CC2CCCS2)n1. The first kappa shape index (κ1) is 11.4. The lowest BCUT2D eigenvalue weighted by Gasteiger charge is -2.06. The Hall–Kier alpha value is -0.0600. The van der Waals surface area contributed by atoms with E-state index in [1.165, 1.54) is 35.7 Å². The molecule has 0 bridgehead atoms. The van der Waals surface area contributed by atoms with Crippen molar-refractivity contribution in [2.45, 2.75) is 37.5 Å². The summed E-state index contributed by atoms with van der Waals surface area (Å²) in [6, 6.07) is 0.381.